The van der Waals surface area contributed by atoms with Crippen LogP contribution in [0.4, 0.5) is 5.69 Å². The number of hydrogen-bond acceptors (Lipinski definition) is 5. The summed E-state index contributed by atoms with van der Waals surface area (Å²) in [4.78, 5) is 13.1. The smallest absolute Gasteiger partial charge is 0.211 e. The van der Waals surface area contributed by atoms with E-state index >= 15 is 0 Å². The number of hydrogen-bond donors (Lipinski definition) is 1. The Kier molecular flexibility index (Phi) is 5.71. The maximum absolute atomic E-state index is 13.1. The number of rotatable bonds is 6. The second-order valence-corrected chi connectivity index (χ2v) is 6.97. The maximum atomic E-state index is 13.1. The van der Waals surface area contributed by atoms with Crippen LogP contribution in [0, 0.1) is 11.3 Å². The summed E-state index contributed by atoms with van der Waals surface area (Å²) in [5.41, 5.74) is 8.10. The van der Waals surface area contributed by atoms with Gasteiger partial charge in [0, 0.05) is 21.8 Å². The topological polar surface area (TPSA) is 90.3 Å². The van der Waals surface area contributed by atoms with E-state index in [1.54, 1.807) is 61.4 Å². The molecule has 6 nitrogen and oxygen atoms in total. The number of nitrogen functional groups attached to an aromatic ring is 1. The van der Waals surface area contributed by atoms with Gasteiger partial charge in [0.05, 0.1) is 32.0 Å². The van der Waals surface area contributed by atoms with Crippen molar-refractivity contribution in [1.82, 2.24) is 4.57 Å². The summed E-state index contributed by atoms with van der Waals surface area (Å²) in [5, 5.41) is 9.39. The fourth-order valence-electron chi connectivity index (χ4n) is 2.97. The minimum absolute atomic E-state index is 0.164. The average Bonchev–Trinajstić information content (AvgIpc) is 3.02. The number of carbonyl (C=O) groups is 1. The third-order valence-electron chi connectivity index (χ3n) is 4.39. The van der Waals surface area contributed by atoms with Crippen LogP contribution in [0.15, 0.2) is 53.1 Å². The van der Waals surface area contributed by atoms with Crippen molar-refractivity contribution in [3.8, 4) is 17.6 Å². The number of ether oxygens (including phenoxy) is 2. The number of nitrogens with zero attached hydrogens (tertiary/aromatic N) is 2. The largest absolute Gasteiger partial charge is 0.497 e. The van der Waals surface area contributed by atoms with Gasteiger partial charge in [-0.05, 0) is 42.5 Å². The second kappa shape index (κ2) is 8.19. The van der Waals surface area contributed by atoms with E-state index in [1.165, 1.54) is 0 Å². The van der Waals surface area contributed by atoms with Crippen LogP contribution in [0.1, 0.15) is 27.2 Å². The Hall–Kier alpha value is -3.24. The van der Waals surface area contributed by atoms with Crippen molar-refractivity contribution < 1.29 is 14.3 Å². The number of benzene rings is 2. The van der Waals surface area contributed by atoms with Gasteiger partial charge in [-0.25, -0.2) is 0 Å². The number of nitrogens with two attached hydrogens (primary N) is 1. The van der Waals surface area contributed by atoms with Crippen LogP contribution in [-0.4, -0.2) is 24.6 Å². The number of methoxy groups -OCH3 is 2. The summed E-state index contributed by atoms with van der Waals surface area (Å²) in [6.07, 6.45) is 1.58. The first kappa shape index (κ1) is 19.5. The molecular weight excluding hydrogens is 422 g/mol. The summed E-state index contributed by atoms with van der Waals surface area (Å²) in [5.74, 6) is 1.05. The lowest BCUT2D eigenvalue weighted by atomic mass is 10.1. The zero-order valence-corrected chi connectivity index (χ0v) is 17.0. The van der Waals surface area contributed by atoms with Gasteiger partial charge in [-0.2, -0.15) is 5.26 Å². The van der Waals surface area contributed by atoms with Gasteiger partial charge in [0.25, 0.3) is 0 Å². The van der Waals surface area contributed by atoms with E-state index in [1.807, 2.05) is 12.1 Å². The summed E-state index contributed by atoms with van der Waals surface area (Å²) < 4.78 is 13.3. The Balaban J connectivity index is 2.09. The summed E-state index contributed by atoms with van der Waals surface area (Å²) in [6, 6.07) is 14.5. The molecule has 0 radical (unpaired) electrons. The summed E-state index contributed by atoms with van der Waals surface area (Å²) in [7, 11) is 3.15. The van der Waals surface area contributed by atoms with E-state index in [-0.39, 0.29) is 22.7 Å². The van der Waals surface area contributed by atoms with Gasteiger partial charge in [0.1, 0.15) is 23.3 Å². The molecule has 3 rings (SSSR count). The number of halogens is 1. The maximum Gasteiger partial charge on any atom is 0.211 e. The lowest BCUT2D eigenvalue weighted by Gasteiger charge is -2.14. The first-order valence-corrected chi connectivity index (χ1v) is 9.17. The molecule has 0 saturated heterocycles. The molecule has 0 bridgehead atoms. The van der Waals surface area contributed by atoms with Crippen molar-refractivity contribution in [2.24, 2.45) is 0 Å². The predicted octanol–water partition coefficient (Wildman–Crippen LogP) is 4.00. The molecule has 0 unspecified atom stereocenters. The molecule has 0 spiro atoms. The molecule has 2 N–H and O–H groups in total. The second-order valence-electron chi connectivity index (χ2n) is 6.06. The third-order valence-corrected chi connectivity index (χ3v) is 4.92. The van der Waals surface area contributed by atoms with Gasteiger partial charge in [-0.3, -0.25) is 4.79 Å². The molecule has 0 aliphatic carbocycles. The SMILES string of the molecule is COc1ccc(OC)c(Cn2cc(C#N)c(N)c2C(=O)c2ccc(Br)cc2)c1. The lowest BCUT2D eigenvalue weighted by Crippen LogP contribution is -2.13. The van der Waals surface area contributed by atoms with E-state index < -0.39 is 0 Å². The van der Waals surface area contributed by atoms with Crippen LogP contribution < -0.4 is 15.2 Å². The molecule has 28 heavy (non-hydrogen) atoms. The first-order chi connectivity index (χ1) is 13.5. The van der Waals surface area contributed by atoms with Gasteiger partial charge < -0.3 is 19.8 Å². The van der Waals surface area contributed by atoms with E-state index in [0.29, 0.717) is 23.6 Å². The number of anilines is 1. The molecule has 142 valence electrons. The van der Waals surface area contributed by atoms with Gasteiger partial charge in [-0.1, -0.05) is 15.9 Å². The molecule has 0 aliphatic rings. The summed E-state index contributed by atoms with van der Waals surface area (Å²) in [6.45, 7) is 0.295. The molecule has 0 saturated carbocycles. The van der Waals surface area contributed by atoms with Crippen molar-refractivity contribution >= 4 is 27.4 Å². The average molecular weight is 440 g/mol. The number of aromatic nitrogens is 1. The fourth-order valence-corrected chi connectivity index (χ4v) is 3.23. The molecule has 7 heteroatoms. The predicted molar refractivity (Wildman–Crippen MR) is 110 cm³/mol. The van der Waals surface area contributed by atoms with Crippen LogP contribution in [-0.2, 0) is 6.54 Å². The Morgan fingerprint density at radius 3 is 2.50 bits per heavy atom. The van der Waals surface area contributed by atoms with Gasteiger partial charge >= 0.3 is 0 Å². The normalized spacial score (nSPS) is 10.4. The van der Waals surface area contributed by atoms with Gasteiger partial charge in [-0.15, -0.1) is 0 Å². The lowest BCUT2D eigenvalue weighted by molar-refractivity contribution is 0.103. The Morgan fingerprint density at radius 1 is 1.18 bits per heavy atom. The van der Waals surface area contributed by atoms with Crippen LogP contribution in [0.25, 0.3) is 0 Å². The highest BCUT2D eigenvalue weighted by atomic mass is 79.9. The number of nitriles is 1. The monoisotopic (exact) mass is 439 g/mol. The van der Waals surface area contributed by atoms with Crippen LogP contribution in [0.3, 0.4) is 0 Å². The zero-order chi connectivity index (χ0) is 20.3. The fraction of sp³-hybridized carbons (Fsp3) is 0.143. The van der Waals surface area contributed by atoms with Crippen LogP contribution in [0.5, 0.6) is 11.5 Å². The van der Waals surface area contributed by atoms with Crippen LogP contribution >= 0.6 is 15.9 Å². The molecular formula is C21H18BrN3O3. The van der Waals surface area contributed by atoms with Crippen molar-refractivity contribution in [1.29, 1.82) is 5.26 Å². The molecule has 0 amide bonds. The highest BCUT2D eigenvalue weighted by Crippen LogP contribution is 2.29. The van der Waals surface area contributed by atoms with Crippen molar-refractivity contribution in [3.05, 3.63) is 75.5 Å². The Labute approximate surface area is 171 Å². The van der Waals surface area contributed by atoms with Crippen LogP contribution in [0.2, 0.25) is 0 Å². The highest BCUT2D eigenvalue weighted by Gasteiger charge is 2.22. The molecule has 1 heterocycles. The van der Waals surface area contributed by atoms with Crippen molar-refractivity contribution in [2.45, 2.75) is 6.54 Å². The molecule has 3 aromatic rings. The minimum Gasteiger partial charge on any atom is -0.497 e. The van der Waals surface area contributed by atoms with Gasteiger partial charge in [0.2, 0.25) is 5.78 Å². The number of ketones is 1. The molecule has 1 aromatic heterocycles. The van der Waals surface area contributed by atoms with E-state index in [4.69, 9.17) is 15.2 Å². The standard InChI is InChI=1S/C21H18BrN3O3/c1-27-17-7-8-18(28-2)14(9-17)11-25-12-15(10-23)19(24)20(25)21(26)13-3-5-16(22)6-4-13/h3-9,12H,11,24H2,1-2H3. The highest BCUT2D eigenvalue weighted by molar-refractivity contribution is 9.10. The quantitative estimate of drug-likeness (QED) is 0.586. The molecule has 2 aromatic carbocycles. The Bertz CT molecular complexity index is 1070. The van der Waals surface area contributed by atoms with Gasteiger partial charge in [0.15, 0.2) is 0 Å². The molecule has 0 aliphatic heterocycles. The molecule has 0 fully saturated rings. The van der Waals surface area contributed by atoms with E-state index in [0.717, 1.165) is 10.0 Å². The van der Waals surface area contributed by atoms with E-state index in [9.17, 15) is 10.1 Å². The van der Waals surface area contributed by atoms with E-state index in [2.05, 4.69) is 15.9 Å². The third kappa shape index (κ3) is 3.73. The minimum atomic E-state index is -0.256. The van der Waals surface area contributed by atoms with Crippen molar-refractivity contribution in [2.75, 3.05) is 20.0 Å². The number of carbonyl (C=O) groups excluding carboxylic acids is 1. The first-order valence-electron chi connectivity index (χ1n) is 8.38. The Morgan fingerprint density at radius 2 is 1.89 bits per heavy atom. The van der Waals surface area contributed by atoms with Crippen molar-refractivity contribution in [3.63, 3.8) is 0 Å². The zero-order valence-electron chi connectivity index (χ0n) is 15.4. The summed E-state index contributed by atoms with van der Waals surface area (Å²) >= 11 is 3.36. The molecule has 0 atom stereocenters.